The second-order valence-corrected chi connectivity index (χ2v) is 8.41. The zero-order valence-electron chi connectivity index (χ0n) is 16.3. The van der Waals surface area contributed by atoms with E-state index in [0.717, 1.165) is 35.3 Å². The van der Waals surface area contributed by atoms with Gasteiger partial charge in [0, 0.05) is 16.5 Å². The van der Waals surface area contributed by atoms with E-state index in [-0.39, 0.29) is 17.0 Å². The Morgan fingerprint density at radius 1 is 1.25 bits per heavy atom. The molecule has 1 amide bonds. The van der Waals surface area contributed by atoms with E-state index in [1.165, 1.54) is 11.3 Å². The third kappa shape index (κ3) is 4.44. The van der Waals surface area contributed by atoms with Crippen molar-refractivity contribution in [3.05, 3.63) is 48.0 Å². The molecule has 1 aromatic carbocycles. The fourth-order valence-corrected chi connectivity index (χ4v) is 4.37. The van der Waals surface area contributed by atoms with Gasteiger partial charge < -0.3 is 14.7 Å². The van der Waals surface area contributed by atoms with Crippen LogP contribution in [0.5, 0.6) is 5.06 Å². The van der Waals surface area contributed by atoms with Crippen LogP contribution in [0.1, 0.15) is 40.0 Å². The zero-order chi connectivity index (χ0) is 20.3. The first kappa shape index (κ1) is 20.1. The zero-order valence-corrected chi connectivity index (χ0v) is 17.2. The highest BCUT2D eigenvalue weighted by atomic mass is 32.1. The van der Waals surface area contributed by atoms with Crippen LogP contribution in [-0.2, 0) is 4.79 Å². The molecule has 148 valence electrons. The van der Waals surface area contributed by atoms with E-state index < -0.39 is 6.16 Å². The summed E-state index contributed by atoms with van der Waals surface area (Å²) in [5.74, 6) is 0.510. The van der Waals surface area contributed by atoms with Gasteiger partial charge in [-0.15, -0.1) is 0 Å². The maximum Gasteiger partial charge on any atom is 0.512 e. The standard InChI is InChI=1S/C22H25NO4S/c1-14(2)23(20(24)17-11-9-15(3)10-12-17)18-13-19(16-7-5-4-6-8-16)28-21(18)27-22(25)26/h4-8,11,13-15H,9-10,12H2,1-3H3,(H,25,26). The summed E-state index contributed by atoms with van der Waals surface area (Å²) in [5.41, 5.74) is 2.25. The Labute approximate surface area is 169 Å². The molecule has 1 aliphatic rings. The molecule has 28 heavy (non-hydrogen) atoms. The van der Waals surface area contributed by atoms with Crippen molar-refractivity contribution in [2.24, 2.45) is 5.92 Å². The van der Waals surface area contributed by atoms with Crippen LogP contribution in [0.2, 0.25) is 0 Å². The van der Waals surface area contributed by atoms with Gasteiger partial charge in [0.2, 0.25) is 5.06 Å². The highest BCUT2D eigenvalue weighted by molar-refractivity contribution is 7.18. The Hall–Kier alpha value is -2.60. The third-order valence-electron chi connectivity index (χ3n) is 4.86. The number of carbonyl (C=O) groups excluding carboxylic acids is 1. The summed E-state index contributed by atoms with van der Waals surface area (Å²) >= 11 is 1.23. The average molecular weight is 400 g/mol. The second kappa shape index (κ2) is 8.61. The van der Waals surface area contributed by atoms with Crippen molar-refractivity contribution in [3.63, 3.8) is 0 Å². The van der Waals surface area contributed by atoms with Gasteiger partial charge in [-0.1, -0.05) is 54.7 Å². The molecule has 1 N–H and O–H groups in total. The summed E-state index contributed by atoms with van der Waals surface area (Å²) in [7, 11) is 0. The lowest BCUT2D eigenvalue weighted by Crippen LogP contribution is -2.38. The van der Waals surface area contributed by atoms with Crippen molar-refractivity contribution < 1.29 is 19.4 Å². The van der Waals surface area contributed by atoms with Crippen LogP contribution in [0.25, 0.3) is 10.4 Å². The molecule has 0 radical (unpaired) electrons. The van der Waals surface area contributed by atoms with Crippen LogP contribution in [0.3, 0.4) is 0 Å². The number of hydrogen-bond donors (Lipinski definition) is 1. The summed E-state index contributed by atoms with van der Waals surface area (Å²) in [6.07, 6.45) is 3.26. The number of nitrogens with zero attached hydrogens (tertiary/aromatic N) is 1. The van der Waals surface area contributed by atoms with Crippen LogP contribution >= 0.6 is 11.3 Å². The topological polar surface area (TPSA) is 66.8 Å². The van der Waals surface area contributed by atoms with Gasteiger partial charge in [-0.05, 0) is 50.7 Å². The lowest BCUT2D eigenvalue weighted by molar-refractivity contribution is -0.115. The van der Waals surface area contributed by atoms with Crippen molar-refractivity contribution in [3.8, 4) is 15.5 Å². The van der Waals surface area contributed by atoms with Gasteiger partial charge in [-0.25, -0.2) is 4.79 Å². The number of hydrogen-bond acceptors (Lipinski definition) is 4. The Bertz CT molecular complexity index is 885. The van der Waals surface area contributed by atoms with E-state index in [0.29, 0.717) is 11.6 Å². The number of carbonyl (C=O) groups is 2. The van der Waals surface area contributed by atoms with E-state index in [4.69, 9.17) is 4.74 Å². The van der Waals surface area contributed by atoms with Crippen molar-refractivity contribution in [2.75, 3.05) is 4.90 Å². The average Bonchev–Trinajstić information content (AvgIpc) is 3.05. The molecule has 1 heterocycles. The first-order chi connectivity index (χ1) is 13.4. The lowest BCUT2D eigenvalue weighted by Gasteiger charge is -2.29. The number of allylic oxidation sites excluding steroid dienone is 1. The Balaban J connectivity index is 2.03. The molecule has 2 aromatic rings. The van der Waals surface area contributed by atoms with E-state index in [2.05, 4.69) is 6.92 Å². The van der Waals surface area contributed by atoms with Gasteiger partial charge in [0.15, 0.2) is 0 Å². The van der Waals surface area contributed by atoms with Crippen molar-refractivity contribution >= 4 is 29.1 Å². The van der Waals surface area contributed by atoms with Crippen LogP contribution in [0, 0.1) is 5.92 Å². The van der Waals surface area contributed by atoms with E-state index in [1.54, 1.807) is 4.90 Å². The Morgan fingerprint density at radius 3 is 2.54 bits per heavy atom. The van der Waals surface area contributed by atoms with Gasteiger partial charge >= 0.3 is 6.16 Å². The molecular weight excluding hydrogens is 374 g/mol. The van der Waals surface area contributed by atoms with Gasteiger partial charge in [-0.3, -0.25) is 4.79 Å². The number of ether oxygens (including phenoxy) is 1. The van der Waals surface area contributed by atoms with E-state index in [9.17, 15) is 14.7 Å². The quantitative estimate of drug-likeness (QED) is 0.630. The fraction of sp³-hybridized carbons (Fsp3) is 0.364. The minimum absolute atomic E-state index is 0.0745. The summed E-state index contributed by atoms with van der Waals surface area (Å²) in [6.45, 7) is 6.03. The van der Waals surface area contributed by atoms with Crippen molar-refractivity contribution in [1.82, 2.24) is 0 Å². The van der Waals surface area contributed by atoms with Gasteiger partial charge in [0.25, 0.3) is 5.91 Å². The predicted molar refractivity (Wildman–Crippen MR) is 112 cm³/mol. The summed E-state index contributed by atoms with van der Waals surface area (Å²) in [6, 6.07) is 11.4. The smallest absolute Gasteiger partial charge is 0.449 e. The first-order valence-corrected chi connectivity index (χ1v) is 10.3. The highest BCUT2D eigenvalue weighted by Gasteiger charge is 2.29. The minimum Gasteiger partial charge on any atom is -0.449 e. The molecule has 1 unspecified atom stereocenters. The third-order valence-corrected chi connectivity index (χ3v) is 5.91. The molecule has 5 nitrogen and oxygen atoms in total. The van der Waals surface area contributed by atoms with E-state index in [1.807, 2.05) is 56.3 Å². The van der Waals surface area contributed by atoms with Crippen molar-refractivity contribution in [1.29, 1.82) is 0 Å². The van der Waals surface area contributed by atoms with E-state index >= 15 is 0 Å². The number of benzene rings is 1. The molecule has 1 atom stereocenters. The molecule has 1 aliphatic carbocycles. The molecule has 3 rings (SSSR count). The fourth-order valence-electron chi connectivity index (χ4n) is 3.37. The highest BCUT2D eigenvalue weighted by Crippen LogP contribution is 2.44. The molecule has 0 spiro atoms. The lowest BCUT2D eigenvalue weighted by atomic mass is 9.90. The maximum absolute atomic E-state index is 13.3. The molecule has 6 heteroatoms. The van der Waals surface area contributed by atoms with Crippen LogP contribution < -0.4 is 9.64 Å². The van der Waals surface area contributed by atoms with Crippen LogP contribution in [-0.4, -0.2) is 23.2 Å². The molecular formula is C22H25NO4S. The first-order valence-electron chi connectivity index (χ1n) is 9.49. The molecule has 0 bridgehead atoms. The predicted octanol–water partition coefficient (Wildman–Crippen LogP) is 5.96. The molecule has 1 aromatic heterocycles. The van der Waals surface area contributed by atoms with Gasteiger partial charge in [0.1, 0.15) is 0 Å². The maximum atomic E-state index is 13.3. The summed E-state index contributed by atoms with van der Waals surface area (Å²) in [4.78, 5) is 27.0. The molecule has 0 saturated heterocycles. The monoisotopic (exact) mass is 399 g/mol. The summed E-state index contributed by atoms with van der Waals surface area (Å²) in [5, 5.41) is 9.40. The Kier molecular flexibility index (Phi) is 6.19. The molecule has 0 fully saturated rings. The number of thiophene rings is 1. The number of carboxylic acid groups (broad SMARTS) is 1. The van der Waals surface area contributed by atoms with Crippen LogP contribution in [0.15, 0.2) is 48.0 Å². The number of anilines is 1. The minimum atomic E-state index is -1.38. The van der Waals surface area contributed by atoms with Gasteiger partial charge in [-0.2, -0.15) is 0 Å². The Morgan fingerprint density at radius 2 is 1.96 bits per heavy atom. The second-order valence-electron chi connectivity index (χ2n) is 7.40. The molecule has 0 aliphatic heterocycles. The summed E-state index contributed by atoms with van der Waals surface area (Å²) < 4.78 is 5.06. The largest absolute Gasteiger partial charge is 0.512 e. The van der Waals surface area contributed by atoms with Crippen molar-refractivity contribution in [2.45, 2.75) is 46.1 Å². The number of amides is 1. The van der Waals surface area contributed by atoms with Gasteiger partial charge in [0.05, 0.1) is 5.69 Å². The normalized spacial score (nSPS) is 16.6. The SMILES string of the molecule is CC1CC=C(C(=O)N(c2cc(-c3ccccc3)sc2OC(=O)O)C(C)C)CC1. The molecule has 0 saturated carbocycles. The van der Waals surface area contributed by atoms with Crippen LogP contribution in [0.4, 0.5) is 10.5 Å². The number of rotatable bonds is 5.